The van der Waals surface area contributed by atoms with Crippen molar-refractivity contribution in [1.29, 1.82) is 0 Å². The van der Waals surface area contributed by atoms with Gasteiger partial charge in [-0.3, -0.25) is 4.79 Å². The molecule has 2 aliphatic heterocycles. The van der Waals surface area contributed by atoms with Gasteiger partial charge in [-0.1, -0.05) is 12.8 Å². The molecule has 3 amide bonds. The molecular formula is C24H35N5O3. The number of hydrogen-bond acceptors (Lipinski definition) is 4. The van der Waals surface area contributed by atoms with Gasteiger partial charge in [0, 0.05) is 57.9 Å². The first-order chi connectivity index (χ1) is 15.7. The summed E-state index contributed by atoms with van der Waals surface area (Å²) in [6.45, 7) is 4.07. The average Bonchev–Trinajstić information content (AvgIpc) is 3.28. The van der Waals surface area contributed by atoms with Crippen molar-refractivity contribution in [2.75, 3.05) is 38.2 Å². The lowest BCUT2D eigenvalue weighted by Crippen LogP contribution is -2.39. The number of nitrogens with one attached hydrogen (secondary N) is 2. The third-order valence-corrected chi connectivity index (χ3v) is 6.74. The zero-order chi connectivity index (χ0) is 22.2. The molecule has 0 saturated carbocycles. The van der Waals surface area contributed by atoms with Crippen LogP contribution in [0.2, 0.25) is 0 Å². The summed E-state index contributed by atoms with van der Waals surface area (Å²) < 4.78 is 7.27. The molecule has 0 atom stereocenters. The summed E-state index contributed by atoms with van der Waals surface area (Å²) in [6.07, 6.45) is 13.6. The largest absolute Gasteiger partial charge is 0.381 e. The van der Waals surface area contributed by atoms with Crippen molar-refractivity contribution < 1.29 is 14.3 Å². The number of carbonyl (C=O) groups excluding carboxylic acids is 2. The highest BCUT2D eigenvalue weighted by molar-refractivity contribution is 5.89. The summed E-state index contributed by atoms with van der Waals surface area (Å²) in [4.78, 5) is 30.9. The molecule has 2 N–H and O–H groups in total. The summed E-state index contributed by atoms with van der Waals surface area (Å²) in [6, 6.07) is 3.54. The van der Waals surface area contributed by atoms with Gasteiger partial charge in [0.15, 0.2) is 0 Å². The second-order valence-electron chi connectivity index (χ2n) is 9.07. The Morgan fingerprint density at radius 2 is 1.88 bits per heavy atom. The minimum absolute atomic E-state index is 0.180. The number of hydrogen-bond donors (Lipinski definition) is 2. The summed E-state index contributed by atoms with van der Waals surface area (Å²) in [5.74, 6) is 1.53. The standard InChI is InChI=1S/C24H35N5O3/c30-23(17-20-8-15-32-16-9-20)28-12-6-19(7-13-28)3-1-2-10-26-24(31)27-21-4-5-22-25-11-14-29(22)18-21/h4-5,11,14,18-20H,1-3,6-10,12-13,15-17H2,(H2,26,27,31). The van der Waals surface area contributed by atoms with Crippen molar-refractivity contribution in [3.05, 3.63) is 30.7 Å². The Morgan fingerprint density at radius 3 is 2.69 bits per heavy atom. The van der Waals surface area contributed by atoms with Crippen molar-refractivity contribution in [3.8, 4) is 0 Å². The van der Waals surface area contributed by atoms with Gasteiger partial charge < -0.3 is 24.7 Å². The Hall–Kier alpha value is -2.61. The molecule has 174 valence electrons. The lowest BCUT2D eigenvalue weighted by Gasteiger charge is -2.33. The quantitative estimate of drug-likeness (QED) is 0.612. The van der Waals surface area contributed by atoms with Crippen LogP contribution in [-0.4, -0.2) is 59.1 Å². The molecule has 2 aromatic rings. The van der Waals surface area contributed by atoms with E-state index in [0.717, 1.165) is 76.2 Å². The van der Waals surface area contributed by atoms with Gasteiger partial charge in [-0.2, -0.15) is 0 Å². The number of urea groups is 1. The first kappa shape index (κ1) is 22.6. The summed E-state index contributed by atoms with van der Waals surface area (Å²) >= 11 is 0. The molecule has 8 heteroatoms. The Bertz CT molecular complexity index is 885. The van der Waals surface area contributed by atoms with Crippen molar-refractivity contribution in [2.24, 2.45) is 11.8 Å². The maximum absolute atomic E-state index is 12.6. The Morgan fingerprint density at radius 1 is 1.06 bits per heavy atom. The molecule has 4 rings (SSSR count). The summed E-state index contributed by atoms with van der Waals surface area (Å²) in [5, 5.41) is 5.80. The van der Waals surface area contributed by atoms with Crippen molar-refractivity contribution in [3.63, 3.8) is 0 Å². The highest BCUT2D eigenvalue weighted by atomic mass is 16.5. The zero-order valence-electron chi connectivity index (χ0n) is 18.8. The Balaban J connectivity index is 1.05. The van der Waals surface area contributed by atoms with Crippen LogP contribution in [0.15, 0.2) is 30.7 Å². The molecule has 2 saturated heterocycles. The van der Waals surface area contributed by atoms with E-state index in [1.165, 1.54) is 6.42 Å². The third kappa shape index (κ3) is 6.45. The van der Waals surface area contributed by atoms with Crippen LogP contribution >= 0.6 is 0 Å². The molecule has 0 radical (unpaired) electrons. The van der Waals surface area contributed by atoms with Crippen molar-refractivity contribution >= 4 is 23.3 Å². The number of rotatable bonds is 8. The monoisotopic (exact) mass is 441 g/mol. The number of aromatic nitrogens is 2. The van der Waals surface area contributed by atoms with Crippen LogP contribution in [0, 0.1) is 11.8 Å². The maximum atomic E-state index is 12.6. The van der Waals surface area contributed by atoms with Gasteiger partial charge in [0.25, 0.3) is 0 Å². The number of carbonyl (C=O) groups is 2. The van der Waals surface area contributed by atoms with Gasteiger partial charge >= 0.3 is 6.03 Å². The third-order valence-electron chi connectivity index (χ3n) is 6.74. The second kappa shape index (κ2) is 11.3. The maximum Gasteiger partial charge on any atom is 0.319 e. The number of imidazole rings is 1. The van der Waals surface area contributed by atoms with E-state index in [1.807, 2.05) is 28.9 Å². The first-order valence-corrected chi connectivity index (χ1v) is 12.0. The minimum atomic E-state index is -0.180. The Kier molecular flexibility index (Phi) is 7.98. The first-order valence-electron chi connectivity index (χ1n) is 12.0. The van der Waals surface area contributed by atoms with E-state index in [1.54, 1.807) is 6.20 Å². The number of piperidine rings is 1. The molecule has 0 aromatic carbocycles. The average molecular weight is 442 g/mol. The molecule has 0 unspecified atom stereocenters. The fourth-order valence-electron chi connectivity index (χ4n) is 4.73. The van der Waals surface area contributed by atoms with Gasteiger partial charge in [0.05, 0.1) is 5.69 Å². The number of unbranched alkanes of at least 4 members (excludes halogenated alkanes) is 1. The molecule has 2 fully saturated rings. The molecule has 4 heterocycles. The van der Waals surface area contributed by atoms with Crippen LogP contribution in [0.3, 0.4) is 0 Å². The molecule has 0 spiro atoms. The lowest BCUT2D eigenvalue weighted by atomic mass is 9.90. The normalized spacial score (nSPS) is 18.1. The minimum Gasteiger partial charge on any atom is -0.381 e. The smallest absolute Gasteiger partial charge is 0.319 e. The topological polar surface area (TPSA) is 88.0 Å². The van der Waals surface area contributed by atoms with Crippen LogP contribution in [-0.2, 0) is 9.53 Å². The second-order valence-corrected chi connectivity index (χ2v) is 9.07. The van der Waals surface area contributed by atoms with Gasteiger partial charge in [0.1, 0.15) is 5.65 Å². The van der Waals surface area contributed by atoms with E-state index in [0.29, 0.717) is 30.7 Å². The van der Waals surface area contributed by atoms with E-state index in [-0.39, 0.29) is 6.03 Å². The predicted molar refractivity (Wildman–Crippen MR) is 124 cm³/mol. The van der Waals surface area contributed by atoms with Crippen LogP contribution in [0.1, 0.15) is 51.4 Å². The number of ether oxygens (including phenoxy) is 1. The predicted octanol–water partition coefficient (Wildman–Crippen LogP) is 3.68. The van der Waals surface area contributed by atoms with Crippen molar-refractivity contribution in [2.45, 2.75) is 51.4 Å². The summed E-state index contributed by atoms with van der Waals surface area (Å²) in [7, 11) is 0. The van der Waals surface area contributed by atoms with E-state index in [4.69, 9.17) is 4.74 Å². The van der Waals surface area contributed by atoms with E-state index in [2.05, 4.69) is 20.5 Å². The van der Waals surface area contributed by atoms with Gasteiger partial charge in [-0.05, 0) is 56.1 Å². The molecule has 0 bridgehead atoms. The van der Waals surface area contributed by atoms with Crippen LogP contribution < -0.4 is 10.6 Å². The lowest BCUT2D eigenvalue weighted by molar-refractivity contribution is -0.134. The van der Waals surface area contributed by atoms with E-state index >= 15 is 0 Å². The van der Waals surface area contributed by atoms with Crippen molar-refractivity contribution in [1.82, 2.24) is 19.6 Å². The van der Waals surface area contributed by atoms with E-state index in [9.17, 15) is 9.59 Å². The number of likely N-dealkylation sites (tertiary alicyclic amines) is 1. The highest BCUT2D eigenvalue weighted by Gasteiger charge is 2.25. The Labute approximate surface area is 189 Å². The van der Waals surface area contributed by atoms with Crippen LogP contribution in [0.25, 0.3) is 5.65 Å². The number of amides is 3. The number of pyridine rings is 1. The highest BCUT2D eigenvalue weighted by Crippen LogP contribution is 2.25. The van der Waals surface area contributed by atoms with Crippen LogP contribution in [0.5, 0.6) is 0 Å². The zero-order valence-corrected chi connectivity index (χ0v) is 18.8. The van der Waals surface area contributed by atoms with E-state index < -0.39 is 0 Å². The molecule has 2 aromatic heterocycles. The SMILES string of the molecule is O=C(NCCCCC1CCN(C(=O)CC2CCOCC2)CC1)Nc1ccc2nccn2c1. The summed E-state index contributed by atoms with van der Waals surface area (Å²) in [5.41, 5.74) is 1.59. The van der Waals surface area contributed by atoms with Gasteiger partial charge in [-0.25, -0.2) is 9.78 Å². The van der Waals surface area contributed by atoms with Crippen LogP contribution in [0.4, 0.5) is 10.5 Å². The molecule has 0 aliphatic carbocycles. The molecule has 32 heavy (non-hydrogen) atoms. The molecule has 8 nitrogen and oxygen atoms in total. The van der Waals surface area contributed by atoms with Gasteiger partial charge in [-0.15, -0.1) is 0 Å². The molecule has 2 aliphatic rings. The fraction of sp³-hybridized carbons (Fsp3) is 0.625. The van der Waals surface area contributed by atoms with Gasteiger partial charge in [0.2, 0.25) is 5.91 Å². The number of anilines is 1. The molecular weight excluding hydrogens is 406 g/mol. The number of nitrogens with zero attached hydrogens (tertiary/aromatic N) is 3. The number of fused-ring (bicyclic) bond motifs is 1. The fourth-order valence-corrected chi connectivity index (χ4v) is 4.73.